The average molecular weight is 374 g/mol. The van der Waals surface area contributed by atoms with E-state index in [4.69, 9.17) is 4.42 Å². The number of hydrogen-bond donors (Lipinski definition) is 2. The Bertz CT molecular complexity index is 1020. The number of para-hydroxylation sites is 1. The summed E-state index contributed by atoms with van der Waals surface area (Å²) < 4.78 is 45.8. The molecule has 1 aromatic heterocycles. The van der Waals surface area contributed by atoms with E-state index in [0.29, 0.717) is 5.76 Å². The Hall–Kier alpha value is -2.97. The summed E-state index contributed by atoms with van der Waals surface area (Å²) in [4.78, 5) is 12.2. The first-order valence-corrected chi connectivity index (χ1v) is 9.12. The Labute approximate surface area is 149 Å². The molecule has 2 N–H and O–H groups in total. The standard InChI is InChI=1S/C18H15FN2O4S/c19-16-8-1-2-9-17(16)21-18(22)13-5-3-7-15(11-13)26(23,24)20-12-14-6-4-10-25-14/h1-11,20H,12H2,(H,21,22). The minimum atomic E-state index is -3.84. The van der Waals surface area contributed by atoms with Gasteiger partial charge in [0.2, 0.25) is 10.0 Å². The minimum Gasteiger partial charge on any atom is -0.468 e. The average Bonchev–Trinajstić information content (AvgIpc) is 3.16. The number of sulfonamides is 1. The Kier molecular flexibility index (Phi) is 5.15. The number of carbonyl (C=O) groups is 1. The van der Waals surface area contributed by atoms with Gasteiger partial charge in [0.25, 0.3) is 5.91 Å². The zero-order valence-corrected chi connectivity index (χ0v) is 14.3. The molecular formula is C18H15FN2O4S. The predicted molar refractivity (Wildman–Crippen MR) is 93.5 cm³/mol. The van der Waals surface area contributed by atoms with Crippen LogP contribution < -0.4 is 10.0 Å². The van der Waals surface area contributed by atoms with E-state index in [1.54, 1.807) is 18.2 Å². The Morgan fingerprint density at radius 3 is 2.58 bits per heavy atom. The first-order chi connectivity index (χ1) is 12.5. The van der Waals surface area contributed by atoms with Crippen molar-refractivity contribution in [3.05, 3.63) is 84.1 Å². The van der Waals surface area contributed by atoms with Crippen molar-refractivity contribution in [2.75, 3.05) is 5.32 Å². The molecule has 0 radical (unpaired) electrons. The predicted octanol–water partition coefficient (Wildman–Crippen LogP) is 3.15. The third kappa shape index (κ3) is 4.16. The van der Waals surface area contributed by atoms with Crippen LogP contribution in [0.2, 0.25) is 0 Å². The van der Waals surface area contributed by atoms with Gasteiger partial charge < -0.3 is 9.73 Å². The van der Waals surface area contributed by atoms with Gasteiger partial charge in [-0.25, -0.2) is 17.5 Å². The molecule has 2 aromatic carbocycles. The number of benzene rings is 2. The quantitative estimate of drug-likeness (QED) is 0.694. The first kappa shape index (κ1) is 17.8. The number of amides is 1. The Balaban J connectivity index is 1.76. The highest BCUT2D eigenvalue weighted by Crippen LogP contribution is 2.16. The number of carbonyl (C=O) groups excluding carboxylic acids is 1. The second-order valence-corrected chi connectivity index (χ2v) is 7.13. The Morgan fingerprint density at radius 2 is 1.85 bits per heavy atom. The third-order valence-corrected chi connectivity index (χ3v) is 4.94. The zero-order valence-electron chi connectivity index (χ0n) is 13.5. The van der Waals surface area contributed by atoms with E-state index in [1.807, 2.05) is 0 Å². The van der Waals surface area contributed by atoms with Gasteiger partial charge >= 0.3 is 0 Å². The van der Waals surface area contributed by atoms with Crippen molar-refractivity contribution in [2.45, 2.75) is 11.4 Å². The summed E-state index contributed by atoms with van der Waals surface area (Å²) in [7, 11) is -3.84. The molecule has 0 aliphatic heterocycles. The lowest BCUT2D eigenvalue weighted by molar-refractivity contribution is 0.102. The fourth-order valence-corrected chi connectivity index (χ4v) is 3.26. The lowest BCUT2D eigenvalue weighted by Crippen LogP contribution is -2.23. The summed E-state index contributed by atoms with van der Waals surface area (Å²) in [6.07, 6.45) is 1.44. The maximum atomic E-state index is 13.6. The van der Waals surface area contributed by atoms with E-state index < -0.39 is 21.7 Å². The summed E-state index contributed by atoms with van der Waals surface area (Å²) >= 11 is 0. The van der Waals surface area contributed by atoms with Crippen LogP contribution >= 0.6 is 0 Å². The molecule has 1 amide bonds. The second-order valence-electron chi connectivity index (χ2n) is 5.37. The maximum absolute atomic E-state index is 13.6. The van der Waals surface area contributed by atoms with Crippen LogP contribution in [0.3, 0.4) is 0 Å². The van der Waals surface area contributed by atoms with Gasteiger partial charge in [-0.15, -0.1) is 0 Å². The van der Waals surface area contributed by atoms with Crippen molar-refractivity contribution in [1.29, 1.82) is 0 Å². The van der Waals surface area contributed by atoms with Crippen LogP contribution in [0.1, 0.15) is 16.1 Å². The summed E-state index contributed by atoms with van der Waals surface area (Å²) in [5.74, 6) is -0.732. The zero-order chi connectivity index (χ0) is 18.6. The lowest BCUT2D eigenvalue weighted by Gasteiger charge is -2.09. The molecule has 1 heterocycles. The molecule has 134 valence electrons. The number of halogens is 1. The van der Waals surface area contributed by atoms with Gasteiger partial charge in [0.15, 0.2) is 0 Å². The fraction of sp³-hybridized carbons (Fsp3) is 0.0556. The molecule has 0 bridgehead atoms. The van der Waals surface area contributed by atoms with Gasteiger partial charge in [-0.1, -0.05) is 18.2 Å². The smallest absolute Gasteiger partial charge is 0.255 e. The van der Waals surface area contributed by atoms with Crippen molar-refractivity contribution >= 4 is 21.6 Å². The van der Waals surface area contributed by atoms with E-state index in [0.717, 1.165) is 0 Å². The Morgan fingerprint density at radius 1 is 1.04 bits per heavy atom. The molecular weight excluding hydrogens is 359 g/mol. The molecule has 0 saturated heterocycles. The van der Waals surface area contributed by atoms with Gasteiger partial charge in [0.1, 0.15) is 11.6 Å². The molecule has 3 rings (SSSR count). The molecule has 3 aromatic rings. The number of anilines is 1. The molecule has 26 heavy (non-hydrogen) atoms. The maximum Gasteiger partial charge on any atom is 0.255 e. The van der Waals surface area contributed by atoms with Gasteiger partial charge in [-0.05, 0) is 42.5 Å². The van der Waals surface area contributed by atoms with E-state index >= 15 is 0 Å². The molecule has 0 unspecified atom stereocenters. The number of rotatable bonds is 6. The number of hydrogen-bond acceptors (Lipinski definition) is 4. The second kappa shape index (κ2) is 7.51. The molecule has 6 nitrogen and oxygen atoms in total. The molecule has 8 heteroatoms. The topological polar surface area (TPSA) is 88.4 Å². The molecule has 0 spiro atoms. The van der Waals surface area contributed by atoms with E-state index in [-0.39, 0.29) is 22.7 Å². The molecule has 0 aliphatic carbocycles. The van der Waals surface area contributed by atoms with Crippen LogP contribution in [-0.2, 0) is 16.6 Å². The van der Waals surface area contributed by atoms with Crippen LogP contribution in [0, 0.1) is 5.82 Å². The molecule has 0 saturated carbocycles. The monoisotopic (exact) mass is 374 g/mol. The van der Waals surface area contributed by atoms with E-state index in [1.165, 1.54) is 48.7 Å². The first-order valence-electron chi connectivity index (χ1n) is 7.64. The summed E-state index contributed by atoms with van der Waals surface area (Å²) in [6.45, 7) is -0.0129. The van der Waals surface area contributed by atoms with Crippen LogP contribution in [0.5, 0.6) is 0 Å². The van der Waals surface area contributed by atoms with Crippen LogP contribution in [0.25, 0.3) is 0 Å². The van der Waals surface area contributed by atoms with E-state index in [2.05, 4.69) is 10.0 Å². The van der Waals surface area contributed by atoms with Crippen molar-refractivity contribution < 1.29 is 22.0 Å². The highest BCUT2D eigenvalue weighted by atomic mass is 32.2. The third-order valence-electron chi connectivity index (χ3n) is 3.55. The normalized spacial score (nSPS) is 11.3. The summed E-state index contributed by atoms with van der Waals surface area (Å²) in [5, 5.41) is 2.42. The van der Waals surface area contributed by atoms with Crippen molar-refractivity contribution in [3.63, 3.8) is 0 Å². The van der Waals surface area contributed by atoms with Gasteiger partial charge in [0, 0.05) is 5.56 Å². The SMILES string of the molecule is O=C(Nc1ccccc1F)c1cccc(S(=O)(=O)NCc2ccco2)c1. The van der Waals surface area contributed by atoms with Crippen molar-refractivity contribution in [3.8, 4) is 0 Å². The van der Waals surface area contributed by atoms with Crippen LogP contribution in [-0.4, -0.2) is 14.3 Å². The van der Waals surface area contributed by atoms with Crippen molar-refractivity contribution in [1.82, 2.24) is 4.72 Å². The number of nitrogens with one attached hydrogen (secondary N) is 2. The minimum absolute atomic E-state index is 0.0129. The van der Waals surface area contributed by atoms with Crippen LogP contribution in [0.4, 0.5) is 10.1 Å². The largest absolute Gasteiger partial charge is 0.468 e. The molecule has 0 atom stereocenters. The molecule has 0 fully saturated rings. The van der Waals surface area contributed by atoms with Gasteiger partial charge in [-0.2, -0.15) is 0 Å². The summed E-state index contributed by atoms with van der Waals surface area (Å²) in [5.41, 5.74) is 0.107. The lowest BCUT2D eigenvalue weighted by atomic mass is 10.2. The summed E-state index contributed by atoms with van der Waals surface area (Å²) in [6, 6.07) is 14.5. The molecule has 0 aliphatic rings. The van der Waals surface area contributed by atoms with Gasteiger partial charge in [0.05, 0.1) is 23.4 Å². The van der Waals surface area contributed by atoms with Crippen LogP contribution in [0.15, 0.2) is 76.2 Å². The van der Waals surface area contributed by atoms with Crippen molar-refractivity contribution in [2.24, 2.45) is 0 Å². The fourth-order valence-electron chi connectivity index (χ4n) is 2.22. The number of furan rings is 1. The van der Waals surface area contributed by atoms with E-state index in [9.17, 15) is 17.6 Å². The highest BCUT2D eigenvalue weighted by Gasteiger charge is 2.17. The van der Waals surface area contributed by atoms with Gasteiger partial charge in [-0.3, -0.25) is 4.79 Å². The highest BCUT2D eigenvalue weighted by molar-refractivity contribution is 7.89.